The van der Waals surface area contributed by atoms with Crippen molar-refractivity contribution in [3.8, 4) is 5.75 Å². The molecule has 0 saturated heterocycles. The van der Waals surface area contributed by atoms with Gasteiger partial charge in [-0.1, -0.05) is 9.95 Å². The van der Waals surface area contributed by atoms with E-state index in [4.69, 9.17) is 15.8 Å². The molecule has 0 spiro atoms. The molecule has 1 aromatic carbocycles. The molecule has 0 aliphatic heterocycles. The lowest BCUT2D eigenvalue weighted by molar-refractivity contribution is 0.422. The molecule has 0 aromatic heterocycles. The summed E-state index contributed by atoms with van der Waals surface area (Å²) in [5, 5.41) is 18.1. The lowest BCUT2D eigenvalue weighted by Gasteiger charge is -2.11. The maximum absolute atomic E-state index is 12.4. The molecule has 4 N–H and O–H groups in total. The summed E-state index contributed by atoms with van der Waals surface area (Å²) in [6.07, 6.45) is 0. The highest BCUT2D eigenvalue weighted by Gasteiger charge is 2.21. The van der Waals surface area contributed by atoms with Crippen LogP contribution in [0.25, 0.3) is 0 Å². The van der Waals surface area contributed by atoms with Crippen molar-refractivity contribution in [3.63, 3.8) is 0 Å². The molecule has 0 amide bonds. The Morgan fingerprint density at radius 2 is 2.06 bits per heavy atom. The molecule has 0 aliphatic carbocycles. The number of benzene rings is 1. The van der Waals surface area contributed by atoms with Crippen LogP contribution in [-0.4, -0.2) is 25.6 Å². The summed E-state index contributed by atoms with van der Waals surface area (Å²) in [6, 6.07) is 2.59. The molecule has 0 saturated carbocycles. The van der Waals surface area contributed by atoms with Crippen molar-refractivity contribution in [2.75, 3.05) is 0 Å². The molecular weight excluding hydrogens is 252 g/mol. The van der Waals surface area contributed by atoms with E-state index in [2.05, 4.69) is 4.18 Å². The minimum absolute atomic E-state index is 0.00611. The monoisotopic (exact) mass is 263 g/mol. The summed E-state index contributed by atoms with van der Waals surface area (Å²) in [5.41, 5.74) is 5.84. The quantitative estimate of drug-likeness (QED) is 0.461. The van der Waals surface area contributed by atoms with Crippen LogP contribution in [0.15, 0.2) is 12.1 Å². The second kappa shape index (κ2) is 5.00. The predicted octanol–water partition coefficient (Wildman–Crippen LogP) is -1.27. The number of nitrogens with two attached hydrogens (primary N) is 1. The van der Waals surface area contributed by atoms with Gasteiger partial charge in [0.1, 0.15) is 5.75 Å². The molecule has 0 aliphatic rings. The first-order chi connectivity index (χ1) is 7.74. The van der Waals surface area contributed by atoms with Crippen molar-refractivity contribution in [2.24, 2.45) is 5.73 Å². The Hall–Kier alpha value is -1.16. The Morgan fingerprint density at radius 3 is 2.47 bits per heavy atom. The zero-order valence-corrected chi connectivity index (χ0v) is 9.74. The number of hydrogen-bond acceptors (Lipinski definition) is 6. The first-order valence-corrected chi connectivity index (χ1v) is 5.89. The number of halogens is 1. The molecule has 1 aromatic rings. The molecule has 0 radical (unpaired) electrons. The molecule has 0 unspecified atom stereocenters. The van der Waals surface area contributed by atoms with E-state index in [1.807, 2.05) is 0 Å². The molecule has 17 heavy (non-hydrogen) atoms. The van der Waals surface area contributed by atoms with Crippen LogP contribution in [0.4, 0.5) is 3.89 Å². The van der Waals surface area contributed by atoms with Crippen molar-refractivity contribution in [3.05, 3.63) is 23.3 Å². The number of hydrogen-bond donors (Lipinski definition) is 3. The summed E-state index contributed by atoms with van der Waals surface area (Å²) in [7, 11) is -7.00. The van der Waals surface area contributed by atoms with Gasteiger partial charge >= 0.3 is 17.6 Å². The average Bonchev–Trinajstić information content (AvgIpc) is 2.18. The normalized spacial score (nSPS) is 11.4. The van der Waals surface area contributed by atoms with Gasteiger partial charge in [-0.3, -0.25) is 0 Å². The second-order valence-electron chi connectivity index (χ2n) is 3.36. The molecule has 0 heterocycles. The number of rotatable bonds is 4. The fourth-order valence-electron chi connectivity index (χ4n) is 1.35. The zero-order chi connectivity index (χ0) is 13.2. The average molecular weight is 263 g/mol. The Balaban J connectivity index is 3.34. The fraction of sp³-hybridized carbons (Fsp3) is 0.250. The van der Waals surface area contributed by atoms with Crippen LogP contribution in [0.1, 0.15) is 11.1 Å². The van der Waals surface area contributed by atoms with Crippen LogP contribution < -0.4 is 15.4 Å². The van der Waals surface area contributed by atoms with Gasteiger partial charge in [-0.15, -0.1) is 0 Å². The molecular formula is C8H11BFNO5S. The third kappa shape index (κ3) is 3.67. The van der Waals surface area contributed by atoms with E-state index in [0.717, 1.165) is 0 Å². The van der Waals surface area contributed by atoms with Crippen LogP contribution in [0.3, 0.4) is 0 Å². The third-order valence-corrected chi connectivity index (χ3v) is 2.54. The van der Waals surface area contributed by atoms with Gasteiger partial charge in [0.05, 0.1) is 0 Å². The smallest absolute Gasteiger partial charge is 0.423 e. The van der Waals surface area contributed by atoms with Gasteiger partial charge in [0.2, 0.25) is 0 Å². The molecule has 9 heteroatoms. The minimum atomic E-state index is -5.17. The van der Waals surface area contributed by atoms with Crippen molar-refractivity contribution in [1.29, 1.82) is 0 Å². The minimum Gasteiger partial charge on any atom is -0.423 e. The highest BCUT2D eigenvalue weighted by molar-refractivity contribution is 7.81. The van der Waals surface area contributed by atoms with Gasteiger partial charge in [-0.2, -0.15) is 8.42 Å². The van der Waals surface area contributed by atoms with E-state index in [9.17, 15) is 12.3 Å². The van der Waals surface area contributed by atoms with E-state index >= 15 is 0 Å². The molecule has 0 fully saturated rings. The fourth-order valence-corrected chi connectivity index (χ4v) is 1.74. The first kappa shape index (κ1) is 13.9. The highest BCUT2D eigenvalue weighted by Crippen LogP contribution is 2.20. The van der Waals surface area contributed by atoms with Gasteiger partial charge in [-0.05, 0) is 29.6 Å². The molecule has 1 rings (SSSR count). The largest absolute Gasteiger partial charge is 0.488 e. The van der Waals surface area contributed by atoms with E-state index in [-0.39, 0.29) is 23.3 Å². The predicted molar refractivity (Wildman–Crippen MR) is 59.6 cm³/mol. The molecule has 0 bridgehead atoms. The maximum atomic E-state index is 12.4. The van der Waals surface area contributed by atoms with Crippen molar-refractivity contribution >= 4 is 23.1 Å². The summed E-state index contributed by atoms with van der Waals surface area (Å²) < 4.78 is 37.3. The van der Waals surface area contributed by atoms with Gasteiger partial charge in [0.15, 0.2) is 0 Å². The SMILES string of the molecule is Cc1c(OS(=O)(=O)F)cc(CN)cc1B(O)O. The lowest BCUT2D eigenvalue weighted by atomic mass is 9.76. The zero-order valence-electron chi connectivity index (χ0n) is 8.92. The Kier molecular flexibility index (Phi) is 4.09. The van der Waals surface area contributed by atoms with Crippen LogP contribution in [0, 0.1) is 6.92 Å². The van der Waals surface area contributed by atoms with Crippen LogP contribution >= 0.6 is 0 Å². The molecule has 0 atom stereocenters. The Morgan fingerprint density at radius 1 is 1.47 bits per heavy atom. The highest BCUT2D eigenvalue weighted by atomic mass is 32.3. The van der Waals surface area contributed by atoms with E-state index in [0.29, 0.717) is 5.56 Å². The van der Waals surface area contributed by atoms with Crippen molar-refractivity contribution in [1.82, 2.24) is 0 Å². The van der Waals surface area contributed by atoms with Crippen molar-refractivity contribution in [2.45, 2.75) is 13.5 Å². The van der Waals surface area contributed by atoms with Crippen LogP contribution in [-0.2, 0) is 17.0 Å². The second-order valence-corrected chi connectivity index (χ2v) is 4.32. The van der Waals surface area contributed by atoms with Gasteiger partial charge in [0, 0.05) is 6.54 Å². The van der Waals surface area contributed by atoms with Gasteiger partial charge in [0.25, 0.3) is 0 Å². The topological polar surface area (TPSA) is 110 Å². The van der Waals surface area contributed by atoms with E-state index in [1.165, 1.54) is 19.1 Å². The summed E-state index contributed by atoms with van der Waals surface area (Å²) >= 11 is 0. The molecule has 6 nitrogen and oxygen atoms in total. The van der Waals surface area contributed by atoms with Gasteiger partial charge < -0.3 is 20.0 Å². The van der Waals surface area contributed by atoms with Crippen LogP contribution in [0.5, 0.6) is 5.75 Å². The summed E-state index contributed by atoms with van der Waals surface area (Å²) in [5.74, 6) is -0.321. The lowest BCUT2D eigenvalue weighted by Crippen LogP contribution is -2.33. The third-order valence-electron chi connectivity index (χ3n) is 2.16. The van der Waals surface area contributed by atoms with E-state index < -0.39 is 17.6 Å². The van der Waals surface area contributed by atoms with Crippen LogP contribution in [0.2, 0.25) is 0 Å². The summed E-state index contributed by atoms with van der Waals surface area (Å²) in [4.78, 5) is 0. The Bertz CT molecular complexity index is 519. The first-order valence-electron chi connectivity index (χ1n) is 4.58. The Labute approximate surface area is 98.4 Å². The van der Waals surface area contributed by atoms with E-state index in [1.54, 1.807) is 0 Å². The maximum Gasteiger partial charge on any atom is 0.488 e. The molecule has 94 valence electrons. The summed E-state index contributed by atoms with van der Waals surface area (Å²) in [6.45, 7) is 1.39. The van der Waals surface area contributed by atoms with Gasteiger partial charge in [-0.25, -0.2) is 0 Å². The van der Waals surface area contributed by atoms with Crippen molar-refractivity contribution < 1.29 is 26.5 Å². The standard InChI is InChI=1S/C8H11BFNO5S/c1-5-7(9(12)13)2-6(4-11)3-8(5)16-17(10,14)15/h2-3,12-13H,4,11H2,1H3.